The molecule has 3 aromatic rings. The fraction of sp³-hybridized carbons (Fsp3) is 0.429. The SMILES string of the molecule is CC(C)(C)c1ccc(N2CC(CNCc3ccc4[nH]ccc4c3)C2)nn1. The van der Waals surface area contributed by atoms with Crippen molar-refractivity contribution in [1.82, 2.24) is 20.5 Å². The van der Waals surface area contributed by atoms with Gasteiger partial charge in [0.25, 0.3) is 0 Å². The standard InChI is InChI=1S/C21H27N5/c1-21(2,3)19-6-7-20(25-24-19)26-13-16(14-26)12-22-11-15-4-5-18-17(10-15)8-9-23-18/h4-10,16,22-23H,11-14H2,1-3H3. The highest BCUT2D eigenvalue weighted by Gasteiger charge is 2.28. The second kappa shape index (κ2) is 6.72. The van der Waals surface area contributed by atoms with Crippen molar-refractivity contribution >= 4 is 16.7 Å². The Morgan fingerprint density at radius 3 is 2.69 bits per heavy atom. The monoisotopic (exact) mass is 349 g/mol. The maximum Gasteiger partial charge on any atom is 0.151 e. The third-order valence-electron chi connectivity index (χ3n) is 5.08. The normalized spacial score (nSPS) is 15.4. The molecule has 0 saturated carbocycles. The summed E-state index contributed by atoms with van der Waals surface area (Å²) in [5.41, 5.74) is 3.62. The molecule has 1 saturated heterocycles. The average molecular weight is 349 g/mol. The Balaban J connectivity index is 1.23. The Morgan fingerprint density at radius 1 is 1.12 bits per heavy atom. The zero-order chi connectivity index (χ0) is 18.1. The van der Waals surface area contributed by atoms with Crippen molar-refractivity contribution in [3.8, 4) is 0 Å². The van der Waals surface area contributed by atoms with E-state index in [2.05, 4.69) is 82.6 Å². The number of benzene rings is 1. The van der Waals surface area contributed by atoms with Gasteiger partial charge >= 0.3 is 0 Å². The first kappa shape index (κ1) is 17.0. The van der Waals surface area contributed by atoms with Crippen molar-refractivity contribution in [3.63, 3.8) is 0 Å². The molecule has 5 nitrogen and oxygen atoms in total. The predicted molar refractivity (Wildman–Crippen MR) is 106 cm³/mol. The number of hydrogen-bond donors (Lipinski definition) is 2. The summed E-state index contributed by atoms with van der Waals surface area (Å²) in [6.07, 6.45) is 1.99. The lowest BCUT2D eigenvalue weighted by Crippen LogP contribution is -2.51. The zero-order valence-electron chi connectivity index (χ0n) is 15.8. The maximum absolute atomic E-state index is 4.41. The summed E-state index contributed by atoms with van der Waals surface area (Å²) in [4.78, 5) is 5.54. The summed E-state index contributed by atoms with van der Waals surface area (Å²) in [5.74, 6) is 1.67. The average Bonchev–Trinajstić information content (AvgIpc) is 3.04. The van der Waals surface area contributed by atoms with Gasteiger partial charge in [0.05, 0.1) is 5.69 Å². The van der Waals surface area contributed by atoms with Crippen LogP contribution < -0.4 is 10.2 Å². The van der Waals surface area contributed by atoms with Gasteiger partial charge in [-0.3, -0.25) is 0 Å². The first-order valence-electron chi connectivity index (χ1n) is 9.35. The molecule has 3 heterocycles. The van der Waals surface area contributed by atoms with Gasteiger partial charge in [0.15, 0.2) is 5.82 Å². The van der Waals surface area contributed by atoms with Crippen LogP contribution in [-0.4, -0.2) is 34.8 Å². The topological polar surface area (TPSA) is 56.8 Å². The van der Waals surface area contributed by atoms with Crippen LogP contribution >= 0.6 is 0 Å². The molecule has 0 amide bonds. The van der Waals surface area contributed by atoms with Crippen molar-refractivity contribution in [3.05, 3.63) is 53.9 Å². The minimum absolute atomic E-state index is 0.0519. The van der Waals surface area contributed by atoms with E-state index in [1.807, 2.05) is 6.20 Å². The van der Waals surface area contributed by atoms with E-state index in [0.29, 0.717) is 5.92 Å². The van der Waals surface area contributed by atoms with Gasteiger partial charge in [-0.15, -0.1) is 5.10 Å². The van der Waals surface area contributed by atoms with Crippen molar-refractivity contribution in [2.24, 2.45) is 5.92 Å². The maximum atomic E-state index is 4.41. The summed E-state index contributed by atoms with van der Waals surface area (Å²) < 4.78 is 0. The lowest BCUT2D eigenvalue weighted by molar-refractivity contribution is 0.381. The molecule has 5 heteroatoms. The van der Waals surface area contributed by atoms with Crippen LogP contribution in [0.3, 0.4) is 0 Å². The third kappa shape index (κ3) is 3.58. The second-order valence-electron chi connectivity index (χ2n) is 8.33. The number of fused-ring (bicyclic) bond motifs is 1. The van der Waals surface area contributed by atoms with Crippen LogP contribution in [0.15, 0.2) is 42.6 Å². The van der Waals surface area contributed by atoms with Crippen LogP contribution in [0.25, 0.3) is 10.9 Å². The summed E-state index contributed by atoms with van der Waals surface area (Å²) >= 11 is 0. The van der Waals surface area contributed by atoms with Crippen molar-refractivity contribution in [2.45, 2.75) is 32.7 Å². The number of anilines is 1. The van der Waals surface area contributed by atoms with Gasteiger partial charge in [-0.25, -0.2) is 0 Å². The Hall–Kier alpha value is -2.40. The Kier molecular flexibility index (Phi) is 4.41. The van der Waals surface area contributed by atoms with Crippen molar-refractivity contribution < 1.29 is 0 Å². The molecule has 0 atom stereocenters. The molecule has 0 unspecified atom stereocenters. The molecule has 2 N–H and O–H groups in total. The summed E-state index contributed by atoms with van der Waals surface area (Å²) in [6, 6.07) is 12.9. The van der Waals surface area contributed by atoms with Crippen molar-refractivity contribution in [1.29, 1.82) is 0 Å². The number of aromatic nitrogens is 3. The van der Waals surface area contributed by atoms with Crippen LogP contribution in [0.2, 0.25) is 0 Å². The van der Waals surface area contributed by atoms with E-state index >= 15 is 0 Å². The molecule has 0 radical (unpaired) electrons. The van der Waals surface area contributed by atoms with Crippen LogP contribution in [0, 0.1) is 5.92 Å². The number of H-pyrrole nitrogens is 1. The molecule has 1 aliphatic rings. The highest BCUT2D eigenvalue weighted by atomic mass is 15.3. The molecule has 4 rings (SSSR count). The van der Waals surface area contributed by atoms with Gasteiger partial charge in [-0.2, -0.15) is 5.10 Å². The number of nitrogens with zero attached hydrogens (tertiary/aromatic N) is 3. The van der Waals surface area contributed by atoms with Gasteiger partial charge < -0.3 is 15.2 Å². The van der Waals surface area contributed by atoms with E-state index in [0.717, 1.165) is 37.7 Å². The molecular formula is C21H27N5. The summed E-state index contributed by atoms with van der Waals surface area (Å²) in [6.45, 7) is 10.5. The largest absolute Gasteiger partial charge is 0.361 e. The molecular weight excluding hydrogens is 322 g/mol. The van der Waals surface area contributed by atoms with E-state index in [1.165, 1.54) is 16.5 Å². The Bertz CT molecular complexity index is 869. The van der Waals surface area contributed by atoms with Gasteiger partial charge in [-0.1, -0.05) is 26.8 Å². The highest BCUT2D eigenvalue weighted by Crippen LogP contribution is 2.24. The number of nitrogens with one attached hydrogen (secondary N) is 2. The van der Waals surface area contributed by atoms with Crippen molar-refractivity contribution in [2.75, 3.05) is 24.5 Å². The molecule has 0 bridgehead atoms. The highest BCUT2D eigenvalue weighted by molar-refractivity contribution is 5.79. The quantitative estimate of drug-likeness (QED) is 0.740. The Labute approximate surface area is 154 Å². The summed E-state index contributed by atoms with van der Waals surface area (Å²) in [5, 5.41) is 13.7. The number of aromatic amines is 1. The number of rotatable bonds is 5. The van der Waals surface area contributed by atoms with E-state index < -0.39 is 0 Å². The number of hydrogen-bond acceptors (Lipinski definition) is 4. The van der Waals surface area contributed by atoms with Gasteiger partial charge in [-0.05, 0) is 41.3 Å². The van der Waals surface area contributed by atoms with Gasteiger partial charge in [0, 0.05) is 49.2 Å². The molecule has 1 fully saturated rings. The fourth-order valence-electron chi connectivity index (χ4n) is 3.41. The molecule has 0 aliphatic carbocycles. The fourth-order valence-corrected chi connectivity index (χ4v) is 3.41. The zero-order valence-corrected chi connectivity index (χ0v) is 15.8. The molecule has 2 aromatic heterocycles. The second-order valence-corrected chi connectivity index (χ2v) is 8.33. The first-order valence-corrected chi connectivity index (χ1v) is 9.35. The van der Waals surface area contributed by atoms with Gasteiger partial charge in [0.1, 0.15) is 0 Å². The molecule has 26 heavy (non-hydrogen) atoms. The predicted octanol–water partition coefficient (Wildman–Crippen LogP) is 3.48. The van der Waals surface area contributed by atoms with Crippen LogP contribution in [-0.2, 0) is 12.0 Å². The van der Waals surface area contributed by atoms with E-state index in [4.69, 9.17) is 0 Å². The van der Waals surface area contributed by atoms with Gasteiger partial charge in [0.2, 0.25) is 0 Å². The Morgan fingerprint density at radius 2 is 1.96 bits per heavy atom. The van der Waals surface area contributed by atoms with Crippen LogP contribution in [0.5, 0.6) is 0 Å². The molecule has 0 spiro atoms. The van der Waals surface area contributed by atoms with Crippen LogP contribution in [0.4, 0.5) is 5.82 Å². The first-order chi connectivity index (χ1) is 12.5. The third-order valence-corrected chi connectivity index (χ3v) is 5.08. The molecule has 136 valence electrons. The van der Waals surface area contributed by atoms with E-state index in [1.54, 1.807) is 0 Å². The smallest absolute Gasteiger partial charge is 0.151 e. The summed E-state index contributed by atoms with van der Waals surface area (Å²) in [7, 11) is 0. The van der Waals surface area contributed by atoms with Crippen LogP contribution in [0.1, 0.15) is 32.0 Å². The lowest BCUT2D eigenvalue weighted by Gasteiger charge is -2.40. The minimum atomic E-state index is 0.0519. The van der Waals surface area contributed by atoms with E-state index in [9.17, 15) is 0 Å². The molecule has 1 aliphatic heterocycles. The minimum Gasteiger partial charge on any atom is -0.361 e. The lowest BCUT2D eigenvalue weighted by atomic mass is 9.92. The molecule has 1 aromatic carbocycles. The van der Waals surface area contributed by atoms with E-state index in [-0.39, 0.29) is 5.41 Å².